The van der Waals surface area contributed by atoms with Crippen LogP contribution in [-0.4, -0.2) is 26.8 Å². The Hall–Kier alpha value is -2.22. The number of benzene rings is 1. The Kier molecular flexibility index (Phi) is 5.13. The van der Waals surface area contributed by atoms with E-state index in [0.29, 0.717) is 26.6 Å². The third-order valence-corrected chi connectivity index (χ3v) is 4.61. The summed E-state index contributed by atoms with van der Waals surface area (Å²) in [6, 6.07) is 10.8. The number of rotatable bonds is 3. The highest BCUT2D eigenvalue weighted by atomic mass is 35.5. The molecule has 6 nitrogen and oxygen atoms in total. The van der Waals surface area contributed by atoms with Gasteiger partial charge in [-0.05, 0) is 50.6 Å². The van der Waals surface area contributed by atoms with Crippen LogP contribution in [0.4, 0.5) is 16.3 Å². The van der Waals surface area contributed by atoms with Gasteiger partial charge in [0.05, 0.1) is 22.5 Å². The first-order valence-corrected chi connectivity index (χ1v) is 9.13. The molecule has 3 aromatic rings. The molecule has 136 valence electrons. The van der Waals surface area contributed by atoms with Crippen LogP contribution in [0, 0.1) is 0 Å². The van der Waals surface area contributed by atoms with Crippen LogP contribution in [0.3, 0.4) is 0 Å². The van der Waals surface area contributed by atoms with E-state index < -0.39 is 11.7 Å². The molecule has 1 aromatic carbocycles. The molecule has 0 spiro atoms. The van der Waals surface area contributed by atoms with Crippen molar-refractivity contribution >= 4 is 50.8 Å². The number of aromatic nitrogens is 2. The highest BCUT2D eigenvalue weighted by Crippen LogP contribution is 2.37. The van der Waals surface area contributed by atoms with Gasteiger partial charge < -0.3 is 9.84 Å². The van der Waals surface area contributed by atoms with Crippen LogP contribution in [0.25, 0.3) is 10.2 Å². The molecule has 26 heavy (non-hydrogen) atoms. The summed E-state index contributed by atoms with van der Waals surface area (Å²) in [6.07, 6.45) is -0.571. The second-order valence-corrected chi connectivity index (χ2v) is 8.03. The van der Waals surface area contributed by atoms with Crippen LogP contribution < -0.4 is 4.90 Å². The second-order valence-electron chi connectivity index (χ2n) is 6.55. The second kappa shape index (κ2) is 7.19. The number of nitrogens with zero attached hydrogens (tertiary/aromatic N) is 3. The number of ether oxygens (including phenoxy) is 1. The molecule has 2 aromatic heterocycles. The van der Waals surface area contributed by atoms with Crippen molar-refractivity contribution in [3.63, 3.8) is 0 Å². The minimum absolute atomic E-state index is 0.0132. The van der Waals surface area contributed by atoms with Gasteiger partial charge in [0.1, 0.15) is 5.60 Å². The minimum atomic E-state index is -0.675. The number of para-hydroxylation sites is 1. The molecule has 3 rings (SSSR count). The van der Waals surface area contributed by atoms with Crippen molar-refractivity contribution in [3.05, 3.63) is 46.6 Å². The van der Waals surface area contributed by atoms with Crippen molar-refractivity contribution in [1.29, 1.82) is 0 Å². The largest absolute Gasteiger partial charge is 0.443 e. The number of aliphatic hydroxyl groups excluding tert-OH is 1. The van der Waals surface area contributed by atoms with Crippen molar-refractivity contribution < 1.29 is 14.6 Å². The number of thiophene rings is 1. The molecule has 0 saturated heterocycles. The number of fused-ring (bicyclic) bond motifs is 1. The number of hydrogen-bond acceptors (Lipinski definition) is 6. The minimum Gasteiger partial charge on any atom is -0.443 e. The number of carbonyl (C=O) groups is 1. The van der Waals surface area contributed by atoms with Crippen LogP contribution in [-0.2, 0) is 11.3 Å². The lowest BCUT2D eigenvalue weighted by molar-refractivity contribution is 0.0598. The summed E-state index contributed by atoms with van der Waals surface area (Å²) in [5.74, 6) is 0.324. The fourth-order valence-electron chi connectivity index (χ4n) is 2.36. The van der Waals surface area contributed by atoms with Crippen molar-refractivity contribution in [2.75, 3.05) is 4.90 Å². The maximum absolute atomic E-state index is 12.9. The lowest BCUT2D eigenvalue weighted by Gasteiger charge is -2.27. The predicted octanol–water partition coefficient (Wildman–Crippen LogP) is 4.91. The number of halogens is 1. The third-order valence-electron chi connectivity index (χ3n) is 3.34. The smallest absolute Gasteiger partial charge is 0.420 e. The lowest BCUT2D eigenvalue weighted by Crippen LogP contribution is -2.34. The molecule has 0 aliphatic heterocycles. The SMILES string of the molecule is CC(C)(C)OC(=O)N(c1ccccc1)c1nc(Cl)nc2cc(CO)sc12. The Labute approximate surface area is 160 Å². The number of anilines is 2. The number of hydrogen-bond donors (Lipinski definition) is 1. The van der Waals surface area contributed by atoms with E-state index in [0.717, 1.165) is 0 Å². The summed E-state index contributed by atoms with van der Waals surface area (Å²) >= 11 is 7.39. The van der Waals surface area contributed by atoms with E-state index in [-0.39, 0.29) is 11.9 Å². The molecule has 0 radical (unpaired) electrons. The molecule has 0 aliphatic rings. The van der Waals surface area contributed by atoms with Gasteiger partial charge in [-0.1, -0.05) is 18.2 Å². The standard InChI is InChI=1S/C18H18ClN3O3S/c1-18(2,3)25-17(24)22(11-7-5-4-6-8-11)15-14-13(20-16(19)21-15)9-12(10-23)26-14/h4-9,23H,10H2,1-3H3. The van der Waals surface area contributed by atoms with Crippen LogP contribution >= 0.6 is 22.9 Å². The molecule has 2 heterocycles. The number of aliphatic hydroxyl groups is 1. The predicted molar refractivity (Wildman–Crippen MR) is 103 cm³/mol. The van der Waals surface area contributed by atoms with Gasteiger partial charge in [-0.2, -0.15) is 4.98 Å². The zero-order chi connectivity index (χ0) is 18.9. The van der Waals surface area contributed by atoms with Crippen LogP contribution in [0.1, 0.15) is 25.6 Å². The average Bonchev–Trinajstić information content (AvgIpc) is 2.97. The van der Waals surface area contributed by atoms with E-state index in [9.17, 15) is 9.90 Å². The number of amides is 1. The summed E-state index contributed by atoms with van der Waals surface area (Å²) < 4.78 is 6.22. The zero-order valence-electron chi connectivity index (χ0n) is 14.6. The van der Waals surface area contributed by atoms with E-state index in [2.05, 4.69) is 9.97 Å². The van der Waals surface area contributed by atoms with Gasteiger partial charge >= 0.3 is 6.09 Å². The lowest BCUT2D eigenvalue weighted by atomic mass is 10.2. The topological polar surface area (TPSA) is 75.5 Å². The van der Waals surface area contributed by atoms with Crippen molar-refractivity contribution in [1.82, 2.24) is 9.97 Å². The molecule has 0 unspecified atom stereocenters. The Morgan fingerprint density at radius 2 is 1.96 bits per heavy atom. The number of carbonyl (C=O) groups excluding carboxylic acids is 1. The maximum Gasteiger partial charge on any atom is 0.420 e. The van der Waals surface area contributed by atoms with Crippen molar-refractivity contribution in [2.45, 2.75) is 33.0 Å². The summed E-state index contributed by atoms with van der Waals surface area (Å²) in [6.45, 7) is 5.26. The van der Waals surface area contributed by atoms with Gasteiger partial charge in [-0.15, -0.1) is 11.3 Å². The molecule has 1 N–H and O–H groups in total. The molecule has 0 bridgehead atoms. The average molecular weight is 392 g/mol. The van der Waals surface area contributed by atoms with Crippen LogP contribution in [0.2, 0.25) is 5.28 Å². The Morgan fingerprint density at radius 1 is 1.27 bits per heavy atom. The van der Waals surface area contributed by atoms with Gasteiger partial charge in [0.15, 0.2) is 5.82 Å². The van der Waals surface area contributed by atoms with Gasteiger partial charge in [-0.3, -0.25) is 0 Å². The molecule has 0 saturated carbocycles. The summed E-state index contributed by atoms with van der Waals surface area (Å²) in [7, 11) is 0. The van der Waals surface area contributed by atoms with Gasteiger partial charge in [-0.25, -0.2) is 14.7 Å². The maximum atomic E-state index is 12.9. The van der Waals surface area contributed by atoms with Crippen LogP contribution in [0.5, 0.6) is 0 Å². The highest BCUT2D eigenvalue weighted by Gasteiger charge is 2.28. The van der Waals surface area contributed by atoms with E-state index in [1.54, 1.807) is 39.0 Å². The van der Waals surface area contributed by atoms with E-state index in [1.165, 1.54) is 16.2 Å². The first kappa shape index (κ1) is 18.6. The van der Waals surface area contributed by atoms with Gasteiger partial charge in [0, 0.05) is 4.88 Å². The summed E-state index contributed by atoms with van der Waals surface area (Å²) in [5.41, 5.74) is 0.487. The first-order valence-electron chi connectivity index (χ1n) is 7.93. The first-order chi connectivity index (χ1) is 12.3. The molecule has 8 heteroatoms. The van der Waals surface area contributed by atoms with E-state index >= 15 is 0 Å². The van der Waals surface area contributed by atoms with Crippen molar-refractivity contribution in [2.24, 2.45) is 0 Å². The van der Waals surface area contributed by atoms with Gasteiger partial charge in [0.25, 0.3) is 0 Å². The van der Waals surface area contributed by atoms with Gasteiger partial charge in [0.2, 0.25) is 5.28 Å². The van der Waals surface area contributed by atoms with E-state index in [1.807, 2.05) is 18.2 Å². The fourth-order valence-corrected chi connectivity index (χ4v) is 3.47. The molecule has 1 amide bonds. The monoisotopic (exact) mass is 391 g/mol. The Morgan fingerprint density at radius 3 is 2.58 bits per heavy atom. The summed E-state index contributed by atoms with van der Waals surface area (Å²) in [4.78, 5) is 23.5. The third kappa shape index (κ3) is 3.95. The van der Waals surface area contributed by atoms with E-state index in [4.69, 9.17) is 16.3 Å². The molecule has 0 aliphatic carbocycles. The fraction of sp³-hybridized carbons (Fsp3) is 0.278. The normalized spacial score (nSPS) is 11.6. The molecular formula is C18H18ClN3O3S. The van der Waals surface area contributed by atoms with Crippen molar-refractivity contribution in [3.8, 4) is 0 Å². The quantitative estimate of drug-likeness (QED) is 0.642. The highest BCUT2D eigenvalue weighted by molar-refractivity contribution is 7.19. The Bertz CT molecular complexity index is 938. The molecule has 0 fully saturated rings. The Balaban J connectivity index is 2.20. The molecule has 0 atom stereocenters. The zero-order valence-corrected chi connectivity index (χ0v) is 16.1. The van der Waals surface area contributed by atoms with Crippen LogP contribution in [0.15, 0.2) is 36.4 Å². The summed E-state index contributed by atoms with van der Waals surface area (Å²) in [5, 5.41) is 9.45. The molecular weight excluding hydrogens is 374 g/mol.